The number of hydrogen-bond donors (Lipinski definition) is 0. The molecule has 7 nitrogen and oxygen atoms in total. The van der Waals surface area contributed by atoms with E-state index >= 15 is 0 Å². The predicted octanol–water partition coefficient (Wildman–Crippen LogP) is 3.52. The summed E-state index contributed by atoms with van der Waals surface area (Å²) >= 11 is 0. The van der Waals surface area contributed by atoms with Crippen LogP contribution in [0.1, 0.15) is 32.1 Å². The maximum absolute atomic E-state index is 12.9. The Morgan fingerprint density at radius 3 is 2.52 bits per heavy atom. The van der Waals surface area contributed by atoms with Crippen LogP contribution in [0.2, 0.25) is 0 Å². The maximum atomic E-state index is 12.9. The molecule has 0 amide bonds. The molecule has 0 bridgehead atoms. The highest BCUT2D eigenvalue weighted by Crippen LogP contribution is 2.28. The second kappa shape index (κ2) is 8.77. The fourth-order valence-electron chi connectivity index (χ4n) is 4.04. The van der Waals surface area contributed by atoms with Crippen molar-refractivity contribution in [3.05, 3.63) is 34.7 Å². The lowest BCUT2D eigenvalue weighted by Gasteiger charge is -2.41. The van der Waals surface area contributed by atoms with Crippen molar-refractivity contribution >= 4 is 15.7 Å². The van der Waals surface area contributed by atoms with Gasteiger partial charge in [0.25, 0.3) is 0 Å². The highest BCUT2D eigenvalue weighted by Gasteiger charge is 2.33. The summed E-state index contributed by atoms with van der Waals surface area (Å²) in [6, 6.07) is 6.61. The summed E-state index contributed by atoms with van der Waals surface area (Å²) in [7, 11) is -3.56. The first-order valence-corrected chi connectivity index (χ1v) is 10.8. The first kappa shape index (κ1) is 19.7. The maximum Gasteiger partial charge on any atom is 0.243 e. The van der Waals surface area contributed by atoms with Gasteiger partial charge in [-0.1, -0.05) is 17.2 Å². The van der Waals surface area contributed by atoms with Gasteiger partial charge in [-0.05, 0) is 62.4 Å². The Labute approximate surface area is 161 Å². The topological polar surface area (TPSA) is 89.4 Å². The smallest absolute Gasteiger partial charge is 0.243 e. The summed E-state index contributed by atoms with van der Waals surface area (Å²) in [4.78, 5) is 5.40. The molecule has 2 aliphatic heterocycles. The standard InChI is InChI=1S/C19H25N5O2S/c1-2-4-16-7-11-23(12-8-16)18-9-13-24(14-10-18)27(25,26)19-6-3-5-17(15-19)21-22-20/h1,3,5-6,15-16,18H,4,7-14H2. The van der Waals surface area contributed by atoms with E-state index < -0.39 is 10.0 Å². The summed E-state index contributed by atoms with van der Waals surface area (Å²) in [5.74, 6) is 3.40. The van der Waals surface area contributed by atoms with Gasteiger partial charge in [0.1, 0.15) is 0 Å². The third-order valence-electron chi connectivity index (χ3n) is 5.61. The predicted molar refractivity (Wildman–Crippen MR) is 105 cm³/mol. The van der Waals surface area contributed by atoms with Crippen molar-refractivity contribution in [3.8, 4) is 12.3 Å². The number of azide groups is 1. The molecule has 2 saturated heterocycles. The van der Waals surface area contributed by atoms with E-state index in [0.29, 0.717) is 30.7 Å². The summed E-state index contributed by atoms with van der Waals surface area (Å²) in [5.41, 5.74) is 8.85. The zero-order valence-electron chi connectivity index (χ0n) is 15.4. The second-order valence-corrected chi connectivity index (χ2v) is 9.15. The quantitative estimate of drug-likeness (QED) is 0.335. The van der Waals surface area contributed by atoms with Crippen LogP contribution < -0.4 is 0 Å². The van der Waals surface area contributed by atoms with E-state index in [0.717, 1.165) is 45.2 Å². The number of sulfonamides is 1. The number of rotatable bonds is 5. The molecule has 0 radical (unpaired) electrons. The van der Waals surface area contributed by atoms with Gasteiger partial charge in [0.2, 0.25) is 10.0 Å². The molecule has 0 aliphatic carbocycles. The zero-order chi connectivity index (χ0) is 19.3. The number of likely N-dealkylation sites (tertiary alicyclic amines) is 1. The van der Waals surface area contributed by atoms with Crippen molar-refractivity contribution in [2.45, 2.75) is 43.0 Å². The van der Waals surface area contributed by atoms with Gasteiger partial charge in [-0.3, -0.25) is 0 Å². The Morgan fingerprint density at radius 1 is 1.19 bits per heavy atom. The van der Waals surface area contributed by atoms with Crippen LogP contribution in [0.15, 0.2) is 34.3 Å². The van der Waals surface area contributed by atoms with Crippen molar-refractivity contribution in [3.63, 3.8) is 0 Å². The van der Waals surface area contributed by atoms with E-state index in [1.165, 1.54) is 6.07 Å². The third kappa shape index (κ3) is 4.63. The normalized spacial score (nSPS) is 20.7. The molecule has 144 valence electrons. The first-order valence-electron chi connectivity index (χ1n) is 9.37. The van der Waals surface area contributed by atoms with Crippen LogP contribution in [0.5, 0.6) is 0 Å². The van der Waals surface area contributed by atoms with E-state index in [1.807, 2.05) is 0 Å². The fourth-order valence-corrected chi connectivity index (χ4v) is 5.55. The highest BCUT2D eigenvalue weighted by atomic mass is 32.2. The Kier molecular flexibility index (Phi) is 6.40. The van der Waals surface area contributed by atoms with Crippen LogP contribution in [0, 0.1) is 18.3 Å². The average Bonchev–Trinajstić information content (AvgIpc) is 2.69. The molecular weight excluding hydrogens is 362 g/mol. The van der Waals surface area contributed by atoms with Crippen molar-refractivity contribution in [1.29, 1.82) is 0 Å². The van der Waals surface area contributed by atoms with Gasteiger partial charge in [-0.25, -0.2) is 8.42 Å². The van der Waals surface area contributed by atoms with Crippen molar-refractivity contribution in [1.82, 2.24) is 9.21 Å². The monoisotopic (exact) mass is 387 g/mol. The van der Waals surface area contributed by atoms with Crippen molar-refractivity contribution in [2.75, 3.05) is 26.2 Å². The number of benzene rings is 1. The van der Waals surface area contributed by atoms with Gasteiger partial charge in [0.05, 0.1) is 4.90 Å². The number of terminal acetylenes is 1. The molecule has 2 heterocycles. The van der Waals surface area contributed by atoms with Gasteiger partial charge < -0.3 is 4.90 Å². The number of nitrogens with zero attached hydrogens (tertiary/aromatic N) is 5. The van der Waals surface area contributed by atoms with E-state index in [9.17, 15) is 8.42 Å². The minimum atomic E-state index is -3.56. The SMILES string of the molecule is C#CCC1CCN(C2CCN(S(=O)(=O)c3cccc(N=[N+]=[N-])c3)CC2)CC1. The summed E-state index contributed by atoms with van der Waals surface area (Å²) in [6.45, 7) is 3.14. The molecule has 2 aliphatic rings. The molecule has 0 aromatic heterocycles. The lowest BCUT2D eigenvalue weighted by Crippen LogP contribution is -2.48. The van der Waals surface area contributed by atoms with Crippen LogP contribution in [0.25, 0.3) is 10.4 Å². The summed E-state index contributed by atoms with van der Waals surface area (Å²) < 4.78 is 27.3. The van der Waals surface area contributed by atoms with E-state index in [-0.39, 0.29) is 4.90 Å². The van der Waals surface area contributed by atoms with Crippen molar-refractivity contribution in [2.24, 2.45) is 11.0 Å². The van der Waals surface area contributed by atoms with Crippen LogP contribution in [-0.4, -0.2) is 49.8 Å². The van der Waals surface area contributed by atoms with Crippen molar-refractivity contribution < 1.29 is 8.42 Å². The van der Waals surface area contributed by atoms with Crippen LogP contribution in [0.4, 0.5) is 5.69 Å². The van der Waals surface area contributed by atoms with E-state index in [2.05, 4.69) is 20.8 Å². The zero-order valence-corrected chi connectivity index (χ0v) is 16.2. The number of piperidine rings is 2. The molecule has 0 unspecified atom stereocenters. The van der Waals surface area contributed by atoms with Gasteiger partial charge in [-0.15, -0.1) is 12.3 Å². The third-order valence-corrected chi connectivity index (χ3v) is 7.51. The average molecular weight is 388 g/mol. The van der Waals surface area contributed by atoms with Crippen LogP contribution in [0.3, 0.4) is 0 Å². The first-order chi connectivity index (χ1) is 13.0. The molecule has 27 heavy (non-hydrogen) atoms. The molecule has 1 aromatic rings. The largest absolute Gasteiger partial charge is 0.300 e. The Bertz CT molecular complexity index is 841. The molecule has 0 spiro atoms. The molecular formula is C19H25N5O2S. The van der Waals surface area contributed by atoms with Crippen LogP contribution in [-0.2, 0) is 10.0 Å². The molecule has 3 rings (SSSR count). The molecule has 2 fully saturated rings. The highest BCUT2D eigenvalue weighted by molar-refractivity contribution is 7.89. The van der Waals surface area contributed by atoms with E-state index in [4.69, 9.17) is 12.0 Å². The van der Waals surface area contributed by atoms with Gasteiger partial charge >= 0.3 is 0 Å². The molecule has 0 N–H and O–H groups in total. The molecule has 0 saturated carbocycles. The van der Waals surface area contributed by atoms with Gasteiger partial charge in [-0.2, -0.15) is 4.31 Å². The van der Waals surface area contributed by atoms with Crippen LogP contribution >= 0.6 is 0 Å². The lowest BCUT2D eigenvalue weighted by molar-refractivity contribution is 0.0980. The summed E-state index contributed by atoms with van der Waals surface area (Å²) in [6.07, 6.45) is 10.2. The van der Waals surface area contributed by atoms with Gasteiger partial charge in [0, 0.05) is 36.2 Å². The second-order valence-electron chi connectivity index (χ2n) is 7.21. The number of hydrogen-bond acceptors (Lipinski definition) is 4. The minimum absolute atomic E-state index is 0.181. The Morgan fingerprint density at radius 2 is 1.89 bits per heavy atom. The van der Waals surface area contributed by atoms with Gasteiger partial charge in [0.15, 0.2) is 0 Å². The fraction of sp³-hybridized carbons (Fsp3) is 0.579. The lowest BCUT2D eigenvalue weighted by atomic mass is 9.92. The Hall–Kier alpha value is -2.04. The summed E-state index contributed by atoms with van der Waals surface area (Å²) in [5, 5.41) is 3.50. The molecule has 0 atom stereocenters. The molecule has 8 heteroatoms. The van der Waals surface area contributed by atoms with E-state index in [1.54, 1.807) is 22.5 Å². The Balaban J connectivity index is 1.59. The molecule has 1 aromatic carbocycles. The minimum Gasteiger partial charge on any atom is -0.300 e.